The molecule has 1 aromatic carbocycles. The summed E-state index contributed by atoms with van der Waals surface area (Å²) < 4.78 is 10.8. The molecule has 0 bridgehead atoms. The summed E-state index contributed by atoms with van der Waals surface area (Å²) in [7, 11) is 1.61. The molecular weight excluding hydrogens is 350 g/mol. The van der Waals surface area contributed by atoms with Gasteiger partial charge >= 0.3 is 0 Å². The molecule has 1 unspecified atom stereocenters. The third-order valence-corrected chi connectivity index (χ3v) is 5.38. The van der Waals surface area contributed by atoms with Crippen LogP contribution in [0.25, 0.3) is 0 Å². The highest BCUT2D eigenvalue weighted by atomic mass is 32.1. The van der Waals surface area contributed by atoms with E-state index in [4.69, 9.17) is 9.26 Å². The summed E-state index contributed by atoms with van der Waals surface area (Å²) in [6.45, 7) is 2.52. The van der Waals surface area contributed by atoms with E-state index in [1.165, 1.54) is 4.88 Å². The van der Waals surface area contributed by atoms with Crippen LogP contribution in [0.1, 0.15) is 34.5 Å². The average Bonchev–Trinajstić information content (AvgIpc) is 3.36. The van der Waals surface area contributed by atoms with Crippen LogP contribution in [0.4, 0.5) is 5.69 Å². The Balaban J connectivity index is 1.53. The SMILES string of the molecule is COc1ccc(C)cc1N1CC(c2noc(Cc3cccs3)n2)CC1=O. The van der Waals surface area contributed by atoms with Crippen LogP contribution < -0.4 is 9.64 Å². The lowest BCUT2D eigenvalue weighted by Gasteiger charge is -2.19. The molecule has 134 valence electrons. The highest BCUT2D eigenvalue weighted by molar-refractivity contribution is 7.09. The van der Waals surface area contributed by atoms with E-state index >= 15 is 0 Å². The Hall–Kier alpha value is -2.67. The fourth-order valence-electron chi connectivity index (χ4n) is 3.19. The maximum Gasteiger partial charge on any atom is 0.231 e. The molecule has 1 aliphatic heterocycles. The molecule has 1 amide bonds. The molecule has 0 radical (unpaired) electrons. The molecule has 0 saturated carbocycles. The minimum Gasteiger partial charge on any atom is -0.495 e. The van der Waals surface area contributed by atoms with Gasteiger partial charge in [-0.1, -0.05) is 17.3 Å². The Morgan fingerprint density at radius 2 is 2.27 bits per heavy atom. The first kappa shape index (κ1) is 16.8. The minimum atomic E-state index is -0.0754. The number of hydrogen-bond acceptors (Lipinski definition) is 6. The fourth-order valence-corrected chi connectivity index (χ4v) is 3.89. The van der Waals surface area contributed by atoms with Crippen LogP contribution in [0, 0.1) is 6.92 Å². The van der Waals surface area contributed by atoms with E-state index < -0.39 is 0 Å². The molecule has 3 heterocycles. The number of thiophene rings is 1. The number of benzene rings is 1. The van der Waals surface area contributed by atoms with Gasteiger partial charge in [0.2, 0.25) is 11.8 Å². The van der Waals surface area contributed by atoms with Crippen molar-refractivity contribution in [1.29, 1.82) is 0 Å². The number of aryl methyl sites for hydroxylation is 1. The van der Waals surface area contributed by atoms with Crippen LogP contribution in [0.15, 0.2) is 40.2 Å². The van der Waals surface area contributed by atoms with Gasteiger partial charge in [-0.15, -0.1) is 11.3 Å². The summed E-state index contributed by atoms with van der Waals surface area (Å²) in [5.41, 5.74) is 1.87. The number of hydrogen-bond donors (Lipinski definition) is 0. The Labute approximate surface area is 155 Å². The fraction of sp³-hybridized carbons (Fsp3) is 0.316. The number of methoxy groups -OCH3 is 1. The van der Waals surface area contributed by atoms with E-state index in [1.54, 1.807) is 23.3 Å². The number of anilines is 1. The molecule has 0 N–H and O–H groups in total. The largest absolute Gasteiger partial charge is 0.495 e. The zero-order valence-corrected chi connectivity index (χ0v) is 15.5. The van der Waals surface area contributed by atoms with E-state index in [0.717, 1.165) is 11.3 Å². The van der Waals surface area contributed by atoms with E-state index in [2.05, 4.69) is 10.1 Å². The van der Waals surface area contributed by atoms with Gasteiger partial charge in [0, 0.05) is 23.8 Å². The highest BCUT2D eigenvalue weighted by Crippen LogP contribution is 2.36. The van der Waals surface area contributed by atoms with Gasteiger partial charge in [-0.3, -0.25) is 4.79 Å². The van der Waals surface area contributed by atoms with Gasteiger partial charge in [0.05, 0.1) is 19.2 Å². The molecule has 4 rings (SSSR count). The van der Waals surface area contributed by atoms with Gasteiger partial charge in [0.15, 0.2) is 5.82 Å². The highest BCUT2D eigenvalue weighted by Gasteiger charge is 2.35. The first-order valence-corrected chi connectivity index (χ1v) is 9.32. The van der Waals surface area contributed by atoms with Crippen molar-refractivity contribution in [1.82, 2.24) is 10.1 Å². The van der Waals surface area contributed by atoms with E-state index in [9.17, 15) is 4.79 Å². The Morgan fingerprint density at radius 3 is 3.04 bits per heavy atom. The Bertz CT molecular complexity index is 920. The monoisotopic (exact) mass is 369 g/mol. The van der Waals surface area contributed by atoms with Crippen LogP contribution in [0.3, 0.4) is 0 Å². The van der Waals surface area contributed by atoms with Crippen molar-refractivity contribution in [3.05, 3.63) is 57.9 Å². The molecule has 3 aromatic rings. The molecule has 0 aliphatic carbocycles. The van der Waals surface area contributed by atoms with Crippen molar-refractivity contribution in [3.8, 4) is 5.75 Å². The number of carbonyl (C=O) groups is 1. The number of amides is 1. The van der Waals surface area contributed by atoms with Gasteiger partial charge in [0.1, 0.15) is 5.75 Å². The third kappa shape index (κ3) is 3.22. The smallest absolute Gasteiger partial charge is 0.231 e. The van der Waals surface area contributed by atoms with Crippen LogP contribution in [-0.2, 0) is 11.2 Å². The van der Waals surface area contributed by atoms with Crippen molar-refractivity contribution in [2.45, 2.75) is 25.7 Å². The van der Waals surface area contributed by atoms with Gasteiger partial charge in [-0.2, -0.15) is 4.98 Å². The molecule has 1 aliphatic rings. The Morgan fingerprint density at radius 1 is 1.38 bits per heavy atom. The topological polar surface area (TPSA) is 68.5 Å². The minimum absolute atomic E-state index is 0.0449. The number of ether oxygens (including phenoxy) is 1. The van der Waals surface area contributed by atoms with Gasteiger partial charge in [-0.25, -0.2) is 0 Å². The van der Waals surface area contributed by atoms with Crippen molar-refractivity contribution in [3.63, 3.8) is 0 Å². The van der Waals surface area contributed by atoms with Gasteiger partial charge in [0.25, 0.3) is 0 Å². The quantitative estimate of drug-likeness (QED) is 0.688. The average molecular weight is 369 g/mol. The van der Waals surface area contributed by atoms with Crippen molar-refractivity contribution in [2.24, 2.45) is 0 Å². The number of carbonyl (C=O) groups excluding carboxylic acids is 1. The van der Waals surface area contributed by atoms with Gasteiger partial charge < -0.3 is 14.2 Å². The Kier molecular flexibility index (Phi) is 4.46. The third-order valence-electron chi connectivity index (χ3n) is 4.50. The molecule has 0 spiro atoms. The molecule has 6 nitrogen and oxygen atoms in total. The van der Waals surface area contributed by atoms with Crippen LogP contribution in [-0.4, -0.2) is 29.7 Å². The predicted molar refractivity (Wildman–Crippen MR) is 98.9 cm³/mol. The molecule has 1 fully saturated rings. The molecule has 1 atom stereocenters. The van der Waals surface area contributed by atoms with E-state index in [1.807, 2.05) is 42.6 Å². The second-order valence-corrected chi connectivity index (χ2v) is 7.42. The zero-order valence-electron chi connectivity index (χ0n) is 14.6. The van der Waals surface area contributed by atoms with Crippen molar-refractivity contribution in [2.75, 3.05) is 18.6 Å². The lowest BCUT2D eigenvalue weighted by atomic mass is 10.1. The second kappa shape index (κ2) is 6.92. The number of aromatic nitrogens is 2. The van der Waals surface area contributed by atoms with Crippen molar-refractivity contribution < 1.29 is 14.1 Å². The van der Waals surface area contributed by atoms with Crippen LogP contribution in [0.2, 0.25) is 0 Å². The molecule has 7 heteroatoms. The number of rotatable bonds is 5. The van der Waals surface area contributed by atoms with Crippen LogP contribution >= 0.6 is 11.3 Å². The van der Waals surface area contributed by atoms with Gasteiger partial charge in [-0.05, 0) is 36.1 Å². The van der Waals surface area contributed by atoms with Crippen LogP contribution in [0.5, 0.6) is 5.75 Å². The first-order valence-electron chi connectivity index (χ1n) is 8.44. The molecular formula is C19H19N3O3S. The summed E-state index contributed by atoms with van der Waals surface area (Å²) >= 11 is 1.66. The maximum absolute atomic E-state index is 12.6. The molecule has 26 heavy (non-hydrogen) atoms. The molecule has 1 saturated heterocycles. The normalized spacial score (nSPS) is 17.1. The first-order chi connectivity index (χ1) is 12.6. The summed E-state index contributed by atoms with van der Waals surface area (Å²) in [5, 5.41) is 6.13. The van der Waals surface area contributed by atoms with E-state index in [0.29, 0.717) is 36.9 Å². The lowest BCUT2D eigenvalue weighted by molar-refractivity contribution is -0.117. The summed E-state index contributed by atoms with van der Waals surface area (Å²) in [5.74, 6) is 1.84. The summed E-state index contributed by atoms with van der Waals surface area (Å²) in [4.78, 5) is 20.0. The van der Waals surface area contributed by atoms with E-state index in [-0.39, 0.29) is 11.8 Å². The van der Waals surface area contributed by atoms with Crippen molar-refractivity contribution >= 4 is 22.9 Å². The second-order valence-electron chi connectivity index (χ2n) is 6.38. The summed E-state index contributed by atoms with van der Waals surface area (Å²) in [6.07, 6.45) is 0.996. The summed E-state index contributed by atoms with van der Waals surface area (Å²) in [6, 6.07) is 9.87. The number of nitrogens with zero attached hydrogens (tertiary/aromatic N) is 3. The maximum atomic E-state index is 12.6. The molecule has 2 aromatic heterocycles. The zero-order chi connectivity index (χ0) is 18.1. The lowest BCUT2D eigenvalue weighted by Crippen LogP contribution is -2.25. The predicted octanol–water partition coefficient (Wildman–Crippen LogP) is 3.56. The standard InChI is InChI=1S/C19H19N3O3S/c1-12-5-6-16(24-2)15(8-12)22-11-13(9-18(22)23)19-20-17(25-21-19)10-14-4-3-7-26-14/h3-8,13H,9-11H2,1-2H3.